The number of aromatic nitrogens is 4. The molecule has 0 aliphatic rings. The van der Waals surface area contributed by atoms with Gasteiger partial charge < -0.3 is 15.2 Å². The molecule has 2 heterocycles. The molecule has 4 rings (SSSR count). The first kappa shape index (κ1) is 21.5. The predicted octanol–water partition coefficient (Wildman–Crippen LogP) is 4.52. The van der Waals surface area contributed by atoms with Crippen molar-refractivity contribution in [2.75, 3.05) is 17.3 Å². The fourth-order valence-corrected chi connectivity index (χ4v) is 3.56. The SMILES string of the molecule is CCOc1cc(/C=N\Nc2nc3nonc3nc2Nc2ccc(I)cc2)cc(I)c1O. The molecule has 12 heteroatoms. The Hall–Kier alpha value is -2.75. The average Bonchev–Trinajstić information content (AvgIpc) is 3.21. The van der Waals surface area contributed by atoms with Crippen molar-refractivity contribution in [1.29, 1.82) is 0 Å². The Morgan fingerprint density at radius 1 is 1.10 bits per heavy atom. The molecule has 0 amide bonds. The summed E-state index contributed by atoms with van der Waals surface area (Å²) >= 11 is 4.27. The maximum atomic E-state index is 10.1. The molecule has 10 nitrogen and oxygen atoms in total. The number of ether oxygens (including phenoxy) is 1. The normalized spacial score (nSPS) is 11.2. The minimum atomic E-state index is 0.103. The van der Waals surface area contributed by atoms with Gasteiger partial charge in [-0.3, -0.25) is 5.43 Å². The van der Waals surface area contributed by atoms with Crippen molar-refractivity contribution in [1.82, 2.24) is 20.3 Å². The minimum Gasteiger partial charge on any atom is -0.504 e. The van der Waals surface area contributed by atoms with Gasteiger partial charge in [0, 0.05) is 9.26 Å². The fraction of sp³-hybridized carbons (Fsp3) is 0.105. The quantitative estimate of drug-likeness (QED) is 0.151. The zero-order chi connectivity index (χ0) is 21.8. The molecule has 0 atom stereocenters. The number of phenolic OH excluding ortho intramolecular Hbond substituents is 1. The zero-order valence-electron chi connectivity index (χ0n) is 16.0. The summed E-state index contributed by atoms with van der Waals surface area (Å²) < 4.78 is 11.9. The van der Waals surface area contributed by atoms with Gasteiger partial charge in [0.2, 0.25) is 11.3 Å². The highest BCUT2D eigenvalue weighted by molar-refractivity contribution is 14.1. The zero-order valence-corrected chi connectivity index (χ0v) is 20.3. The van der Waals surface area contributed by atoms with Crippen LogP contribution in [0.15, 0.2) is 46.1 Å². The van der Waals surface area contributed by atoms with Crippen LogP contribution in [0.2, 0.25) is 0 Å². The van der Waals surface area contributed by atoms with E-state index in [1.165, 1.54) is 0 Å². The first-order valence-corrected chi connectivity index (χ1v) is 11.2. The van der Waals surface area contributed by atoms with Gasteiger partial charge in [-0.05, 0) is 104 Å². The highest BCUT2D eigenvalue weighted by atomic mass is 127. The Labute approximate surface area is 203 Å². The summed E-state index contributed by atoms with van der Waals surface area (Å²) in [5, 5.41) is 25.0. The number of aromatic hydroxyl groups is 1. The average molecular weight is 643 g/mol. The number of hydrogen-bond acceptors (Lipinski definition) is 10. The van der Waals surface area contributed by atoms with Crippen molar-refractivity contribution in [3.63, 3.8) is 0 Å². The van der Waals surface area contributed by atoms with E-state index in [4.69, 9.17) is 9.37 Å². The van der Waals surface area contributed by atoms with Gasteiger partial charge in [0.1, 0.15) is 0 Å². The monoisotopic (exact) mass is 643 g/mol. The van der Waals surface area contributed by atoms with Crippen LogP contribution in [0, 0.1) is 7.14 Å². The Bertz CT molecular complexity index is 1250. The molecule has 4 aromatic rings. The maximum Gasteiger partial charge on any atom is 0.245 e. The molecule has 0 radical (unpaired) electrons. The van der Waals surface area contributed by atoms with Gasteiger partial charge in [0.15, 0.2) is 23.1 Å². The fourth-order valence-electron chi connectivity index (χ4n) is 2.57. The van der Waals surface area contributed by atoms with Crippen LogP contribution < -0.4 is 15.5 Å². The molecule has 2 aromatic heterocycles. The number of phenols is 1. The lowest BCUT2D eigenvalue weighted by atomic mass is 10.2. The largest absolute Gasteiger partial charge is 0.504 e. The molecule has 0 aliphatic heterocycles. The van der Waals surface area contributed by atoms with Crippen LogP contribution in [0.3, 0.4) is 0 Å². The number of halogens is 2. The van der Waals surface area contributed by atoms with E-state index in [1.807, 2.05) is 53.8 Å². The third kappa shape index (κ3) is 5.12. The molecule has 0 aliphatic carbocycles. The Morgan fingerprint density at radius 3 is 2.52 bits per heavy atom. The lowest BCUT2D eigenvalue weighted by Crippen LogP contribution is -2.03. The van der Waals surface area contributed by atoms with Gasteiger partial charge in [-0.15, -0.1) is 0 Å². The first-order chi connectivity index (χ1) is 15.0. The van der Waals surface area contributed by atoms with Crippen molar-refractivity contribution < 1.29 is 14.5 Å². The van der Waals surface area contributed by atoms with E-state index in [2.05, 4.69) is 58.7 Å². The van der Waals surface area contributed by atoms with Crippen molar-refractivity contribution in [3.05, 3.63) is 49.1 Å². The molecule has 0 unspecified atom stereocenters. The minimum absolute atomic E-state index is 0.103. The van der Waals surface area contributed by atoms with Gasteiger partial charge >= 0.3 is 0 Å². The molecule has 0 bridgehead atoms. The van der Waals surface area contributed by atoms with Gasteiger partial charge in [0.25, 0.3) is 0 Å². The van der Waals surface area contributed by atoms with Crippen LogP contribution in [0.4, 0.5) is 17.3 Å². The molecule has 3 N–H and O–H groups in total. The number of benzene rings is 2. The van der Waals surface area contributed by atoms with Crippen molar-refractivity contribution >= 4 is 80.0 Å². The summed E-state index contributed by atoms with van der Waals surface area (Å²) in [6.45, 7) is 2.29. The Balaban J connectivity index is 1.61. The molecule has 0 saturated carbocycles. The highest BCUT2D eigenvalue weighted by Crippen LogP contribution is 2.32. The summed E-state index contributed by atoms with van der Waals surface area (Å²) in [6.07, 6.45) is 1.59. The Morgan fingerprint density at radius 2 is 1.81 bits per heavy atom. The van der Waals surface area contributed by atoms with Crippen molar-refractivity contribution in [2.24, 2.45) is 5.10 Å². The molecule has 2 aromatic carbocycles. The number of hydrazone groups is 1. The van der Waals surface area contributed by atoms with E-state index in [9.17, 15) is 5.11 Å². The van der Waals surface area contributed by atoms with Gasteiger partial charge in [0.05, 0.1) is 16.4 Å². The van der Waals surface area contributed by atoms with Crippen LogP contribution in [-0.2, 0) is 0 Å². The summed E-state index contributed by atoms with van der Waals surface area (Å²) in [4.78, 5) is 8.78. The molecule has 158 valence electrons. The molecule has 31 heavy (non-hydrogen) atoms. The van der Waals surface area contributed by atoms with E-state index in [1.54, 1.807) is 18.3 Å². The highest BCUT2D eigenvalue weighted by Gasteiger charge is 2.13. The van der Waals surface area contributed by atoms with Crippen LogP contribution in [0.1, 0.15) is 12.5 Å². The van der Waals surface area contributed by atoms with E-state index >= 15 is 0 Å². The molecular formula is C19H15I2N7O3. The topological polar surface area (TPSA) is 131 Å². The van der Waals surface area contributed by atoms with E-state index in [-0.39, 0.29) is 17.0 Å². The van der Waals surface area contributed by atoms with Crippen molar-refractivity contribution in [2.45, 2.75) is 6.92 Å². The lowest BCUT2D eigenvalue weighted by Gasteiger charge is -2.10. The predicted molar refractivity (Wildman–Crippen MR) is 133 cm³/mol. The summed E-state index contributed by atoms with van der Waals surface area (Å²) in [7, 11) is 0. The molecule has 0 fully saturated rings. The standard InChI is InChI=1S/C19H15I2N7O3/c1-2-30-14-8-10(7-13(21)15(14)29)9-22-26-17-16(23-12-5-3-11(20)4-6-12)24-18-19(25-17)28-31-27-18/h3-9,29H,2H2,1H3,(H,23,24,27)(H,25,26,28)/b22-9-. The maximum absolute atomic E-state index is 10.1. The number of fused-ring (bicyclic) bond motifs is 1. The number of rotatable bonds is 7. The number of hydrogen-bond donors (Lipinski definition) is 3. The van der Waals surface area contributed by atoms with E-state index in [0.29, 0.717) is 27.6 Å². The van der Waals surface area contributed by atoms with E-state index < -0.39 is 0 Å². The summed E-state index contributed by atoms with van der Waals surface area (Å²) in [5.74, 6) is 1.26. The number of nitrogens with one attached hydrogen (secondary N) is 2. The van der Waals surface area contributed by atoms with Gasteiger partial charge in [-0.25, -0.2) is 9.61 Å². The smallest absolute Gasteiger partial charge is 0.245 e. The Kier molecular flexibility index (Phi) is 6.64. The van der Waals surface area contributed by atoms with Gasteiger partial charge in [-0.1, -0.05) is 0 Å². The van der Waals surface area contributed by atoms with Crippen LogP contribution >= 0.6 is 45.2 Å². The second kappa shape index (κ2) is 9.59. The van der Waals surface area contributed by atoms with Gasteiger partial charge in [-0.2, -0.15) is 10.1 Å². The molecule has 0 spiro atoms. The summed E-state index contributed by atoms with van der Waals surface area (Å²) in [6, 6.07) is 11.3. The second-order valence-electron chi connectivity index (χ2n) is 6.12. The van der Waals surface area contributed by atoms with Crippen molar-refractivity contribution in [3.8, 4) is 11.5 Å². The molecular weight excluding hydrogens is 628 g/mol. The van der Waals surface area contributed by atoms with Crippen LogP contribution in [0.25, 0.3) is 11.3 Å². The second-order valence-corrected chi connectivity index (χ2v) is 8.52. The van der Waals surface area contributed by atoms with E-state index in [0.717, 1.165) is 14.8 Å². The third-order valence-electron chi connectivity index (χ3n) is 3.96. The molecule has 0 saturated heterocycles. The first-order valence-electron chi connectivity index (χ1n) is 9.00. The van der Waals surface area contributed by atoms with Crippen LogP contribution in [0.5, 0.6) is 11.5 Å². The number of nitrogens with zero attached hydrogens (tertiary/aromatic N) is 5. The summed E-state index contributed by atoms with van der Waals surface area (Å²) in [5.41, 5.74) is 4.97. The lowest BCUT2D eigenvalue weighted by molar-refractivity contribution is 0.314. The van der Waals surface area contributed by atoms with Crippen LogP contribution in [-0.4, -0.2) is 38.2 Å². The number of anilines is 3. The third-order valence-corrected chi connectivity index (χ3v) is 5.50.